The van der Waals surface area contributed by atoms with E-state index in [4.69, 9.17) is 0 Å². The molecule has 140 valence electrons. The average molecular weight is 369 g/mol. The molecule has 0 radical (unpaired) electrons. The Morgan fingerprint density at radius 1 is 1.24 bits per heavy atom. The molecule has 1 aromatic carbocycles. The van der Waals surface area contributed by atoms with Crippen molar-refractivity contribution in [2.24, 2.45) is 5.92 Å². The molecule has 0 saturated carbocycles. The summed E-state index contributed by atoms with van der Waals surface area (Å²) < 4.78 is 0. The summed E-state index contributed by atoms with van der Waals surface area (Å²) in [6.45, 7) is 6.16. The molecule has 25 heavy (non-hydrogen) atoms. The third-order valence-electron chi connectivity index (χ3n) is 4.26. The van der Waals surface area contributed by atoms with Crippen LogP contribution in [-0.4, -0.2) is 37.1 Å². The fourth-order valence-corrected chi connectivity index (χ4v) is 2.81. The molecule has 0 aliphatic carbocycles. The predicted octanol–water partition coefficient (Wildman–Crippen LogP) is 2.51. The van der Waals surface area contributed by atoms with Gasteiger partial charge in [-0.2, -0.15) is 0 Å². The number of halogens is 1. The lowest BCUT2D eigenvalue weighted by Gasteiger charge is -2.27. The zero-order valence-electron chi connectivity index (χ0n) is 14.9. The van der Waals surface area contributed by atoms with E-state index in [2.05, 4.69) is 21.3 Å². The van der Waals surface area contributed by atoms with E-state index in [-0.39, 0.29) is 18.3 Å². The zero-order valence-corrected chi connectivity index (χ0v) is 15.7. The number of nitrogens with one attached hydrogen (secondary N) is 4. The van der Waals surface area contributed by atoms with Gasteiger partial charge in [0.1, 0.15) is 5.54 Å². The highest BCUT2D eigenvalue weighted by Crippen LogP contribution is 2.13. The van der Waals surface area contributed by atoms with Crippen molar-refractivity contribution < 1.29 is 9.59 Å². The van der Waals surface area contributed by atoms with E-state index in [1.165, 1.54) is 12.8 Å². The van der Waals surface area contributed by atoms with Gasteiger partial charge in [-0.25, -0.2) is 4.79 Å². The van der Waals surface area contributed by atoms with Crippen molar-refractivity contribution in [2.75, 3.05) is 25.0 Å². The first-order chi connectivity index (χ1) is 11.5. The van der Waals surface area contributed by atoms with Crippen LogP contribution in [-0.2, 0) is 4.79 Å². The second kappa shape index (κ2) is 10.3. The first kappa shape index (κ1) is 21.3. The van der Waals surface area contributed by atoms with Crippen LogP contribution in [0.25, 0.3) is 0 Å². The Morgan fingerprint density at radius 3 is 2.60 bits per heavy atom. The number of anilines is 1. The van der Waals surface area contributed by atoms with Gasteiger partial charge >= 0.3 is 6.03 Å². The second-order valence-corrected chi connectivity index (χ2v) is 6.83. The van der Waals surface area contributed by atoms with Crippen molar-refractivity contribution in [2.45, 2.75) is 38.6 Å². The normalized spacial score (nSPS) is 17.1. The van der Waals surface area contributed by atoms with E-state index >= 15 is 0 Å². The molecule has 0 bridgehead atoms. The van der Waals surface area contributed by atoms with Gasteiger partial charge in [0, 0.05) is 12.2 Å². The van der Waals surface area contributed by atoms with E-state index in [1.807, 2.05) is 18.2 Å². The fraction of sp³-hybridized carbons (Fsp3) is 0.556. The topological polar surface area (TPSA) is 82.3 Å². The highest BCUT2D eigenvalue weighted by Gasteiger charge is 2.29. The van der Waals surface area contributed by atoms with Gasteiger partial charge in [-0.05, 0) is 64.3 Å². The molecule has 1 aliphatic rings. The SMILES string of the molecule is CC(C)(NC(=O)Nc1ccccc1)C(=O)NCCC1CCCNC1.Cl. The van der Waals surface area contributed by atoms with Crippen LogP contribution in [0.15, 0.2) is 30.3 Å². The molecule has 1 fully saturated rings. The zero-order chi connectivity index (χ0) is 17.4. The Bertz CT molecular complexity index is 545. The lowest BCUT2D eigenvalue weighted by atomic mass is 9.96. The number of carbonyl (C=O) groups is 2. The summed E-state index contributed by atoms with van der Waals surface area (Å²) in [5, 5.41) is 11.7. The predicted molar refractivity (Wildman–Crippen MR) is 103 cm³/mol. The van der Waals surface area contributed by atoms with Gasteiger partial charge in [0.2, 0.25) is 5.91 Å². The third kappa shape index (κ3) is 7.32. The van der Waals surface area contributed by atoms with Gasteiger partial charge < -0.3 is 21.3 Å². The Kier molecular flexibility index (Phi) is 8.72. The maximum absolute atomic E-state index is 12.3. The summed E-state index contributed by atoms with van der Waals surface area (Å²) in [6.07, 6.45) is 3.38. The van der Waals surface area contributed by atoms with Gasteiger partial charge in [-0.1, -0.05) is 18.2 Å². The van der Waals surface area contributed by atoms with Crippen LogP contribution in [0.2, 0.25) is 0 Å². The molecular weight excluding hydrogens is 340 g/mol. The summed E-state index contributed by atoms with van der Waals surface area (Å²) in [7, 11) is 0. The lowest BCUT2D eigenvalue weighted by Crippen LogP contribution is -2.56. The Labute approximate surface area is 155 Å². The molecule has 6 nitrogen and oxygen atoms in total. The number of para-hydroxylation sites is 1. The fourth-order valence-electron chi connectivity index (χ4n) is 2.81. The average Bonchev–Trinajstić information content (AvgIpc) is 2.56. The minimum Gasteiger partial charge on any atom is -0.354 e. The number of hydrogen-bond donors (Lipinski definition) is 4. The summed E-state index contributed by atoms with van der Waals surface area (Å²) in [5.41, 5.74) is -0.278. The molecule has 1 aromatic rings. The van der Waals surface area contributed by atoms with Crippen molar-refractivity contribution in [3.8, 4) is 0 Å². The maximum Gasteiger partial charge on any atom is 0.320 e. The number of benzene rings is 1. The molecule has 7 heteroatoms. The standard InChI is InChI=1S/C18H28N4O2.ClH/c1-18(2,22-17(24)21-15-8-4-3-5-9-15)16(23)20-12-10-14-7-6-11-19-13-14;/h3-5,8-9,14,19H,6-7,10-13H2,1-2H3,(H,20,23)(H2,21,22,24);1H. The van der Waals surface area contributed by atoms with Crippen molar-refractivity contribution in [3.63, 3.8) is 0 Å². The number of piperidine rings is 1. The Hall–Kier alpha value is -1.79. The van der Waals surface area contributed by atoms with Crippen LogP contribution in [0.5, 0.6) is 0 Å². The van der Waals surface area contributed by atoms with Crippen LogP contribution >= 0.6 is 12.4 Å². The third-order valence-corrected chi connectivity index (χ3v) is 4.26. The van der Waals surface area contributed by atoms with E-state index in [0.29, 0.717) is 18.2 Å². The van der Waals surface area contributed by atoms with E-state index < -0.39 is 11.6 Å². The number of hydrogen-bond acceptors (Lipinski definition) is 3. The first-order valence-corrected chi connectivity index (χ1v) is 8.60. The van der Waals surface area contributed by atoms with Gasteiger partial charge in [-0.3, -0.25) is 4.79 Å². The van der Waals surface area contributed by atoms with Crippen LogP contribution in [0, 0.1) is 5.92 Å². The van der Waals surface area contributed by atoms with Crippen molar-refractivity contribution in [1.82, 2.24) is 16.0 Å². The second-order valence-electron chi connectivity index (χ2n) is 6.83. The quantitative estimate of drug-likeness (QED) is 0.622. The summed E-state index contributed by atoms with van der Waals surface area (Å²) in [5.74, 6) is 0.450. The van der Waals surface area contributed by atoms with Crippen molar-refractivity contribution in [1.29, 1.82) is 0 Å². The molecule has 0 spiro atoms. The number of carbonyl (C=O) groups excluding carboxylic acids is 2. The molecule has 3 amide bonds. The highest BCUT2D eigenvalue weighted by molar-refractivity contribution is 5.95. The van der Waals surface area contributed by atoms with Crippen molar-refractivity contribution >= 4 is 30.0 Å². The summed E-state index contributed by atoms with van der Waals surface area (Å²) in [6, 6.07) is 8.76. The first-order valence-electron chi connectivity index (χ1n) is 8.60. The molecular formula is C18H29ClN4O2. The Balaban J connectivity index is 0.00000312. The number of rotatable bonds is 6. The molecule has 1 aliphatic heterocycles. The number of urea groups is 1. The molecule has 1 atom stereocenters. The summed E-state index contributed by atoms with van der Waals surface area (Å²) >= 11 is 0. The van der Waals surface area contributed by atoms with Crippen LogP contribution in [0.4, 0.5) is 10.5 Å². The minimum absolute atomic E-state index is 0. The highest BCUT2D eigenvalue weighted by atomic mass is 35.5. The van der Waals surface area contributed by atoms with E-state index in [0.717, 1.165) is 19.5 Å². The van der Waals surface area contributed by atoms with Crippen LogP contribution in [0.1, 0.15) is 33.1 Å². The maximum atomic E-state index is 12.3. The van der Waals surface area contributed by atoms with E-state index in [1.54, 1.807) is 26.0 Å². The van der Waals surface area contributed by atoms with Crippen LogP contribution in [0.3, 0.4) is 0 Å². The minimum atomic E-state index is -0.969. The smallest absolute Gasteiger partial charge is 0.320 e. The van der Waals surface area contributed by atoms with Gasteiger partial charge in [0.25, 0.3) is 0 Å². The largest absolute Gasteiger partial charge is 0.354 e. The monoisotopic (exact) mass is 368 g/mol. The molecule has 1 heterocycles. The number of amides is 3. The molecule has 2 rings (SSSR count). The molecule has 1 unspecified atom stereocenters. The molecule has 1 saturated heterocycles. The Morgan fingerprint density at radius 2 is 1.96 bits per heavy atom. The van der Waals surface area contributed by atoms with Gasteiger partial charge in [-0.15, -0.1) is 12.4 Å². The van der Waals surface area contributed by atoms with Gasteiger partial charge in [0.15, 0.2) is 0 Å². The molecule has 4 N–H and O–H groups in total. The van der Waals surface area contributed by atoms with Crippen LogP contribution < -0.4 is 21.3 Å². The molecule has 0 aromatic heterocycles. The van der Waals surface area contributed by atoms with E-state index in [9.17, 15) is 9.59 Å². The van der Waals surface area contributed by atoms with Crippen molar-refractivity contribution in [3.05, 3.63) is 30.3 Å². The van der Waals surface area contributed by atoms with Gasteiger partial charge in [0.05, 0.1) is 0 Å². The lowest BCUT2D eigenvalue weighted by molar-refractivity contribution is -0.126. The summed E-state index contributed by atoms with van der Waals surface area (Å²) in [4.78, 5) is 24.4.